The van der Waals surface area contributed by atoms with Gasteiger partial charge in [0, 0.05) is 25.0 Å². The Morgan fingerprint density at radius 3 is 2.42 bits per heavy atom. The van der Waals surface area contributed by atoms with Crippen LogP contribution in [-0.2, 0) is 10.7 Å². The Morgan fingerprint density at radius 1 is 1.26 bits per heavy atom. The van der Waals surface area contributed by atoms with E-state index in [-0.39, 0.29) is 18.4 Å². The van der Waals surface area contributed by atoms with E-state index in [9.17, 15) is 9.59 Å². The van der Waals surface area contributed by atoms with Crippen LogP contribution >= 0.6 is 11.6 Å². The van der Waals surface area contributed by atoms with Gasteiger partial charge in [-0.05, 0) is 24.1 Å². The molecule has 0 aliphatic carbocycles. The number of alkyl halides is 1. The zero-order valence-corrected chi connectivity index (χ0v) is 12.0. The van der Waals surface area contributed by atoms with Crippen molar-refractivity contribution in [3.63, 3.8) is 0 Å². The third-order valence-electron chi connectivity index (χ3n) is 2.65. The van der Waals surface area contributed by atoms with Gasteiger partial charge in [-0.15, -0.1) is 11.6 Å². The maximum atomic E-state index is 12.1. The SMILES string of the molecule is CCCNC(=O)CN(C)C(=O)c1ccc(CCl)cc1. The normalized spacial score (nSPS) is 10.1. The highest BCUT2D eigenvalue weighted by Crippen LogP contribution is 2.08. The van der Waals surface area contributed by atoms with Crippen LogP contribution in [0.15, 0.2) is 24.3 Å². The molecule has 0 fully saturated rings. The first-order valence-electron chi connectivity index (χ1n) is 6.25. The summed E-state index contributed by atoms with van der Waals surface area (Å²) in [6.45, 7) is 2.68. The maximum Gasteiger partial charge on any atom is 0.254 e. The molecule has 0 unspecified atom stereocenters. The molecule has 0 radical (unpaired) electrons. The Balaban J connectivity index is 2.58. The molecule has 0 heterocycles. The first-order valence-corrected chi connectivity index (χ1v) is 6.79. The Kier molecular flexibility index (Phi) is 6.36. The lowest BCUT2D eigenvalue weighted by Gasteiger charge is -2.16. The standard InChI is InChI=1S/C14H19ClN2O2/c1-3-8-16-13(18)10-17(2)14(19)12-6-4-11(9-15)5-7-12/h4-7H,3,8-10H2,1-2H3,(H,16,18). The van der Waals surface area contributed by atoms with Crippen LogP contribution in [0.2, 0.25) is 0 Å². The van der Waals surface area contributed by atoms with Gasteiger partial charge in [0.15, 0.2) is 0 Å². The Bertz CT molecular complexity index is 432. The van der Waals surface area contributed by atoms with Crippen molar-refractivity contribution in [3.8, 4) is 0 Å². The Labute approximate surface area is 118 Å². The molecule has 2 amide bonds. The number of nitrogens with one attached hydrogen (secondary N) is 1. The molecule has 0 spiro atoms. The summed E-state index contributed by atoms with van der Waals surface area (Å²) in [5.41, 5.74) is 1.52. The van der Waals surface area contributed by atoms with Crippen LogP contribution in [0.3, 0.4) is 0 Å². The molecule has 0 aromatic heterocycles. The summed E-state index contributed by atoms with van der Waals surface area (Å²) < 4.78 is 0. The van der Waals surface area contributed by atoms with E-state index in [2.05, 4.69) is 5.32 Å². The quantitative estimate of drug-likeness (QED) is 0.812. The fraction of sp³-hybridized carbons (Fsp3) is 0.429. The molecule has 5 heteroatoms. The monoisotopic (exact) mass is 282 g/mol. The van der Waals surface area contributed by atoms with Crippen LogP contribution in [0.4, 0.5) is 0 Å². The van der Waals surface area contributed by atoms with E-state index in [1.807, 2.05) is 19.1 Å². The molecule has 0 aliphatic rings. The van der Waals surface area contributed by atoms with Crippen molar-refractivity contribution in [1.29, 1.82) is 0 Å². The number of amides is 2. The minimum Gasteiger partial charge on any atom is -0.355 e. The van der Waals surface area contributed by atoms with Gasteiger partial charge in [-0.1, -0.05) is 19.1 Å². The average Bonchev–Trinajstić information content (AvgIpc) is 2.44. The van der Waals surface area contributed by atoms with Crippen LogP contribution in [0, 0.1) is 0 Å². The molecule has 0 saturated carbocycles. The molecular formula is C14H19ClN2O2. The lowest BCUT2D eigenvalue weighted by Crippen LogP contribution is -2.38. The second-order valence-corrected chi connectivity index (χ2v) is 4.61. The van der Waals surface area contributed by atoms with Gasteiger partial charge >= 0.3 is 0 Å². The van der Waals surface area contributed by atoms with Crippen molar-refractivity contribution in [2.24, 2.45) is 0 Å². The van der Waals surface area contributed by atoms with Crippen molar-refractivity contribution in [2.45, 2.75) is 19.2 Å². The molecule has 1 rings (SSSR count). The second-order valence-electron chi connectivity index (χ2n) is 4.34. The Hall–Kier alpha value is -1.55. The lowest BCUT2D eigenvalue weighted by molar-refractivity contribution is -0.121. The van der Waals surface area contributed by atoms with Crippen LogP contribution in [0.1, 0.15) is 29.3 Å². The molecule has 104 valence electrons. The number of carbonyl (C=O) groups is 2. The highest BCUT2D eigenvalue weighted by Gasteiger charge is 2.14. The number of hydrogen-bond acceptors (Lipinski definition) is 2. The van der Waals surface area contributed by atoms with E-state index in [4.69, 9.17) is 11.6 Å². The number of carbonyl (C=O) groups excluding carboxylic acids is 2. The molecule has 0 aliphatic heterocycles. The van der Waals surface area contributed by atoms with Crippen molar-refractivity contribution < 1.29 is 9.59 Å². The fourth-order valence-corrected chi connectivity index (χ4v) is 1.74. The fourth-order valence-electron chi connectivity index (χ4n) is 1.56. The summed E-state index contributed by atoms with van der Waals surface area (Å²) in [7, 11) is 1.61. The summed E-state index contributed by atoms with van der Waals surface area (Å²) in [6, 6.07) is 7.07. The largest absolute Gasteiger partial charge is 0.355 e. The van der Waals surface area contributed by atoms with Gasteiger partial charge in [0.1, 0.15) is 0 Å². The van der Waals surface area contributed by atoms with Crippen LogP contribution < -0.4 is 5.32 Å². The van der Waals surface area contributed by atoms with E-state index >= 15 is 0 Å². The van der Waals surface area contributed by atoms with Crippen molar-refractivity contribution in [2.75, 3.05) is 20.1 Å². The predicted molar refractivity (Wildman–Crippen MR) is 76.3 cm³/mol. The minimum absolute atomic E-state index is 0.0656. The number of hydrogen-bond donors (Lipinski definition) is 1. The number of benzene rings is 1. The molecule has 1 aromatic rings. The molecule has 1 N–H and O–H groups in total. The molecule has 1 aromatic carbocycles. The van der Waals surface area contributed by atoms with Gasteiger partial charge in [-0.2, -0.15) is 0 Å². The van der Waals surface area contributed by atoms with Gasteiger partial charge in [-0.25, -0.2) is 0 Å². The summed E-state index contributed by atoms with van der Waals surface area (Å²) in [4.78, 5) is 25.0. The third-order valence-corrected chi connectivity index (χ3v) is 2.96. The Morgan fingerprint density at radius 2 is 1.89 bits per heavy atom. The molecular weight excluding hydrogens is 264 g/mol. The highest BCUT2D eigenvalue weighted by molar-refractivity contribution is 6.17. The molecule has 19 heavy (non-hydrogen) atoms. The van der Waals surface area contributed by atoms with Gasteiger partial charge in [0.05, 0.1) is 6.54 Å². The highest BCUT2D eigenvalue weighted by atomic mass is 35.5. The first kappa shape index (κ1) is 15.5. The van der Waals surface area contributed by atoms with E-state index in [1.54, 1.807) is 19.2 Å². The molecule has 0 atom stereocenters. The van der Waals surface area contributed by atoms with Gasteiger partial charge in [0.2, 0.25) is 5.91 Å². The number of halogens is 1. The average molecular weight is 283 g/mol. The maximum absolute atomic E-state index is 12.1. The van der Waals surface area contributed by atoms with E-state index in [0.29, 0.717) is 18.0 Å². The number of likely N-dealkylation sites (N-methyl/N-ethyl adjacent to an activating group) is 1. The van der Waals surface area contributed by atoms with Crippen molar-refractivity contribution in [1.82, 2.24) is 10.2 Å². The lowest BCUT2D eigenvalue weighted by atomic mass is 10.1. The van der Waals surface area contributed by atoms with E-state index in [1.165, 1.54) is 4.90 Å². The van der Waals surface area contributed by atoms with E-state index < -0.39 is 0 Å². The summed E-state index contributed by atoms with van der Waals surface area (Å²) in [6.07, 6.45) is 0.878. The van der Waals surface area contributed by atoms with Crippen LogP contribution in [-0.4, -0.2) is 36.9 Å². The summed E-state index contributed by atoms with van der Waals surface area (Å²) in [5.74, 6) is 0.104. The zero-order chi connectivity index (χ0) is 14.3. The van der Waals surface area contributed by atoms with Gasteiger partial charge in [-0.3, -0.25) is 9.59 Å². The van der Waals surface area contributed by atoms with Crippen LogP contribution in [0.5, 0.6) is 0 Å². The van der Waals surface area contributed by atoms with Gasteiger partial charge in [0.25, 0.3) is 5.91 Å². The second kappa shape index (κ2) is 7.79. The topological polar surface area (TPSA) is 49.4 Å². The number of nitrogens with zero attached hydrogens (tertiary/aromatic N) is 1. The van der Waals surface area contributed by atoms with Crippen molar-refractivity contribution >= 4 is 23.4 Å². The first-order chi connectivity index (χ1) is 9.08. The van der Waals surface area contributed by atoms with Crippen LogP contribution in [0.25, 0.3) is 0 Å². The third kappa shape index (κ3) is 4.91. The minimum atomic E-state index is -0.173. The van der Waals surface area contributed by atoms with Crippen molar-refractivity contribution in [3.05, 3.63) is 35.4 Å². The zero-order valence-electron chi connectivity index (χ0n) is 11.3. The summed E-state index contributed by atoms with van der Waals surface area (Å²) in [5, 5.41) is 2.74. The molecule has 4 nitrogen and oxygen atoms in total. The summed E-state index contributed by atoms with van der Waals surface area (Å²) >= 11 is 5.69. The number of rotatable bonds is 6. The van der Waals surface area contributed by atoms with Gasteiger partial charge < -0.3 is 10.2 Å². The van der Waals surface area contributed by atoms with E-state index in [0.717, 1.165) is 12.0 Å². The molecule has 0 saturated heterocycles. The smallest absolute Gasteiger partial charge is 0.254 e. The molecule has 0 bridgehead atoms. The predicted octanol–water partition coefficient (Wildman–Crippen LogP) is 2.02.